The number of amides is 1. The number of halogens is 1. The molecule has 0 radical (unpaired) electrons. The van der Waals surface area contributed by atoms with Crippen molar-refractivity contribution in [3.05, 3.63) is 29.6 Å². The van der Waals surface area contributed by atoms with E-state index in [4.69, 9.17) is 0 Å². The van der Waals surface area contributed by atoms with E-state index in [1.54, 1.807) is 37.7 Å². The fraction of sp³-hybridized carbons (Fsp3) is 0.438. The highest BCUT2D eigenvalue weighted by Crippen LogP contribution is 2.32. The zero-order valence-corrected chi connectivity index (χ0v) is 16.4. The number of hydrogen-bond donors (Lipinski definition) is 1. The van der Waals surface area contributed by atoms with E-state index in [0.29, 0.717) is 17.2 Å². The number of hydrogen-bond acceptors (Lipinski definition) is 6. The van der Waals surface area contributed by atoms with Crippen molar-refractivity contribution < 1.29 is 9.18 Å². The molecule has 1 atom stereocenters. The number of anilines is 1. The first-order valence-corrected chi connectivity index (χ1v) is 10.2. The predicted molar refractivity (Wildman–Crippen MR) is 101 cm³/mol. The summed E-state index contributed by atoms with van der Waals surface area (Å²) in [5.74, 6) is 1.07. The summed E-state index contributed by atoms with van der Waals surface area (Å²) in [6.07, 6.45) is 0. The number of thioether (sulfide) groups is 2. The van der Waals surface area contributed by atoms with Crippen LogP contribution in [0.2, 0.25) is 0 Å². The summed E-state index contributed by atoms with van der Waals surface area (Å²) in [5.41, 5.74) is 1.01. The molecule has 0 aliphatic carbocycles. The summed E-state index contributed by atoms with van der Waals surface area (Å²) in [5, 5.41) is 10.6. The minimum absolute atomic E-state index is 0.185. The fourth-order valence-corrected chi connectivity index (χ4v) is 4.80. The van der Waals surface area contributed by atoms with Crippen molar-refractivity contribution in [1.29, 1.82) is 0 Å². The highest BCUT2D eigenvalue weighted by Gasteiger charge is 2.18. The van der Waals surface area contributed by atoms with Crippen LogP contribution in [0.1, 0.15) is 26.3 Å². The van der Waals surface area contributed by atoms with Gasteiger partial charge in [0.15, 0.2) is 8.68 Å². The van der Waals surface area contributed by atoms with Crippen LogP contribution in [0.3, 0.4) is 0 Å². The van der Waals surface area contributed by atoms with Crippen molar-refractivity contribution in [2.75, 3.05) is 11.1 Å². The zero-order chi connectivity index (χ0) is 17.7. The highest BCUT2D eigenvalue weighted by molar-refractivity contribution is 8.03. The summed E-state index contributed by atoms with van der Waals surface area (Å²) in [6.45, 7) is 7.80. The average molecular weight is 386 g/mol. The molecule has 4 nitrogen and oxygen atoms in total. The third kappa shape index (κ3) is 5.75. The van der Waals surface area contributed by atoms with Gasteiger partial charge in [-0.1, -0.05) is 54.8 Å². The van der Waals surface area contributed by atoms with Crippen molar-refractivity contribution in [3.63, 3.8) is 0 Å². The van der Waals surface area contributed by atoms with Gasteiger partial charge in [-0.15, -0.1) is 10.2 Å². The van der Waals surface area contributed by atoms with E-state index < -0.39 is 0 Å². The van der Waals surface area contributed by atoms with Crippen LogP contribution < -0.4 is 5.32 Å². The van der Waals surface area contributed by atoms with Gasteiger partial charge in [-0.3, -0.25) is 4.79 Å². The van der Waals surface area contributed by atoms with Gasteiger partial charge in [0, 0.05) is 11.4 Å². The molecular formula is C16H20FN3OS3. The van der Waals surface area contributed by atoms with Crippen LogP contribution in [0.15, 0.2) is 26.9 Å². The molecule has 1 heterocycles. The Bertz CT molecular complexity index is 706. The molecule has 0 aliphatic heterocycles. The summed E-state index contributed by atoms with van der Waals surface area (Å²) in [6, 6.07) is 4.67. The van der Waals surface area contributed by atoms with Crippen LogP contribution in [-0.4, -0.2) is 27.1 Å². The van der Waals surface area contributed by atoms with Crippen molar-refractivity contribution in [2.45, 2.75) is 41.6 Å². The molecule has 0 aliphatic rings. The number of benzene rings is 1. The first-order chi connectivity index (χ1) is 11.3. The molecule has 0 fully saturated rings. The Kier molecular flexibility index (Phi) is 7.06. The zero-order valence-electron chi connectivity index (χ0n) is 14.0. The van der Waals surface area contributed by atoms with Gasteiger partial charge >= 0.3 is 0 Å². The average Bonchev–Trinajstić information content (AvgIpc) is 2.96. The Morgan fingerprint density at radius 2 is 2.00 bits per heavy atom. The number of aryl methyl sites for hydroxylation is 1. The van der Waals surface area contributed by atoms with E-state index in [9.17, 15) is 9.18 Å². The summed E-state index contributed by atoms with van der Waals surface area (Å²) in [7, 11) is 0. The van der Waals surface area contributed by atoms with E-state index in [2.05, 4.69) is 29.4 Å². The minimum atomic E-state index is -0.342. The third-order valence-corrected chi connectivity index (χ3v) is 6.68. The molecule has 1 aromatic heterocycles. The lowest BCUT2D eigenvalue weighted by Crippen LogP contribution is -2.22. The molecule has 0 bridgehead atoms. The topological polar surface area (TPSA) is 54.9 Å². The maximum atomic E-state index is 13.5. The maximum Gasteiger partial charge on any atom is 0.237 e. The predicted octanol–water partition coefficient (Wildman–Crippen LogP) is 4.85. The molecule has 8 heteroatoms. The number of nitrogens with zero attached hydrogens (tertiary/aromatic N) is 2. The Hall–Kier alpha value is -1.12. The van der Waals surface area contributed by atoms with Crippen LogP contribution in [0.5, 0.6) is 0 Å². The van der Waals surface area contributed by atoms with Gasteiger partial charge in [-0.05, 0) is 37.5 Å². The van der Waals surface area contributed by atoms with Crippen LogP contribution >= 0.6 is 34.9 Å². The molecule has 0 unspecified atom stereocenters. The second kappa shape index (κ2) is 8.82. The van der Waals surface area contributed by atoms with Gasteiger partial charge in [0.25, 0.3) is 0 Å². The van der Waals surface area contributed by atoms with E-state index in [1.165, 1.54) is 29.2 Å². The van der Waals surface area contributed by atoms with Crippen LogP contribution in [-0.2, 0) is 4.79 Å². The minimum Gasteiger partial charge on any atom is -0.325 e. The second-order valence-electron chi connectivity index (χ2n) is 5.75. The van der Waals surface area contributed by atoms with Gasteiger partial charge in [-0.2, -0.15) is 0 Å². The largest absolute Gasteiger partial charge is 0.325 e. The normalized spacial score (nSPS) is 12.4. The molecule has 2 rings (SSSR count). The Balaban J connectivity index is 1.90. The van der Waals surface area contributed by atoms with Crippen molar-refractivity contribution >= 4 is 46.5 Å². The molecule has 0 saturated carbocycles. The molecule has 2 aromatic rings. The fourth-order valence-electron chi connectivity index (χ4n) is 1.66. The summed E-state index contributed by atoms with van der Waals surface area (Å²) in [4.78, 5) is 12.2. The van der Waals surface area contributed by atoms with Crippen LogP contribution in [0.4, 0.5) is 10.1 Å². The Labute approximate surface area is 154 Å². The van der Waals surface area contributed by atoms with Gasteiger partial charge in [-0.25, -0.2) is 4.39 Å². The molecule has 1 N–H and O–H groups in total. The first-order valence-electron chi connectivity index (χ1n) is 7.55. The van der Waals surface area contributed by atoms with Crippen molar-refractivity contribution in [1.82, 2.24) is 10.2 Å². The number of carbonyl (C=O) groups excluding carboxylic acids is 1. The molecule has 1 amide bonds. The van der Waals surface area contributed by atoms with Gasteiger partial charge in [0.05, 0.1) is 5.25 Å². The SMILES string of the molecule is Cc1ccc(NC(=O)[C@H](C)Sc2nnc(SCC(C)C)s2)cc1F. The third-order valence-electron chi connectivity index (χ3n) is 3.01. The van der Waals surface area contributed by atoms with E-state index in [1.807, 2.05) is 0 Å². The van der Waals surface area contributed by atoms with Gasteiger partial charge in [0.1, 0.15) is 5.82 Å². The highest BCUT2D eigenvalue weighted by atomic mass is 32.2. The van der Waals surface area contributed by atoms with E-state index in [0.717, 1.165) is 14.4 Å². The number of carbonyl (C=O) groups is 1. The Morgan fingerprint density at radius 1 is 1.29 bits per heavy atom. The van der Waals surface area contributed by atoms with Gasteiger partial charge < -0.3 is 5.32 Å². The second-order valence-corrected chi connectivity index (χ2v) is 9.58. The summed E-state index contributed by atoms with van der Waals surface area (Å²) >= 11 is 4.53. The smallest absolute Gasteiger partial charge is 0.237 e. The first kappa shape index (κ1) is 19.2. The van der Waals surface area contributed by atoms with E-state index in [-0.39, 0.29) is 17.0 Å². The molecular weight excluding hydrogens is 365 g/mol. The number of rotatable bonds is 7. The lowest BCUT2D eigenvalue weighted by molar-refractivity contribution is -0.115. The molecule has 24 heavy (non-hydrogen) atoms. The lowest BCUT2D eigenvalue weighted by Gasteiger charge is -2.10. The lowest BCUT2D eigenvalue weighted by atomic mass is 10.2. The van der Waals surface area contributed by atoms with Crippen LogP contribution in [0.25, 0.3) is 0 Å². The van der Waals surface area contributed by atoms with Crippen LogP contribution in [0, 0.1) is 18.7 Å². The van der Waals surface area contributed by atoms with Crippen molar-refractivity contribution in [2.24, 2.45) is 5.92 Å². The molecule has 0 saturated heterocycles. The maximum absolute atomic E-state index is 13.5. The molecule has 0 spiro atoms. The number of nitrogens with one attached hydrogen (secondary N) is 1. The molecule has 1 aromatic carbocycles. The quantitative estimate of drug-likeness (QED) is 0.690. The monoisotopic (exact) mass is 385 g/mol. The standard InChI is InChI=1S/C16H20FN3OS3/c1-9(2)8-22-15-19-20-16(24-15)23-11(4)14(21)18-12-6-5-10(3)13(17)7-12/h5-7,9,11H,8H2,1-4H3,(H,18,21)/t11-/m0/s1. The number of aromatic nitrogens is 2. The van der Waals surface area contributed by atoms with Crippen molar-refractivity contribution in [3.8, 4) is 0 Å². The summed E-state index contributed by atoms with van der Waals surface area (Å²) < 4.78 is 15.2. The molecule has 130 valence electrons. The van der Waals surface area contributed by atoms with E-state index >= 15 is 0 Å². The van der Waals surface area contributed by atoms with Gasteiger partial charge in [0.2, 0.25) is 5.91 Å². The Morgan fingerprint density at radius 3 is 2.67 bits per heavy atom.